The van der Waals surface area contributed by atoms with Crippen LogP contribution in [-0.2, 0) is 0 Å². The molecule has 2 aromatic carbocycles. The van der Waals surface area contributed by atoms with Crippen LogP contribution in [0.15, 0.2) is 66.9 Å². The van der Waals surface area contributed by atoms with E-state index in [-0.39, 0.29) is 11.3 Å². The van der Waals surface area contributed by atoms with Crippen LogP contribution in [0, 0.1) is 0 Å². The summed E-state index contributed by atoms with van der Waals surface area (Å²) < 4.78 is 45.7. The topological polar surface area (TPSA) is 72.5 Å². The molecule has 1 amide bonds. The van der Waals surface area contributed by atoms with Gasteiger partial charge >= 0.3 is 6.36 Å². The number of amides is 1. The first kappa shape index (κ1) is 20.0. The van der Waals surface area contributed by atoms with Crippen molar-refractivity contribution in [2.24, 2.45) is 0 Å². The minimum atomic E-state index is -4.78. The van der Waals surface area contributed by atoms with E-state index in [1.807, 2.05) is 0 Å². The van der Waals surface area contributed by atoms with Crippen molar-refractivity contribution in [2.45, 2.75) is 6.36 Å². The van der Waals surface area contributed by atoms with Crippen LogP contribution in [0.3, 0.4) is 0 Å². The van der Waals surface area contributed by atoms with Crippen LogP contribution in [0.1, 0.15) is 10.4 Å². The van der Waals surface area contributed by atoms with Gasteiger partial charge in [-0.15, -0.1) is 13.2 Å². The molecule has 0 aliphatic heterocycles. The fourth-order valence-electron chi connectivity index (χ4n) is 2.46. The predicted octanol–water partition coefficient (Wildman–Crippen LogP) is 4.98. The molecular formula is C20H16F3N3O3. The summed E-state index contributed by atoms with van der Waals surface area (Å²) in [5.74, 6) is 0.0959. The van der Waals surface area contributed by atoms with Crippen LogP contribution in [-0.4, -0.2) is 24.4 Å². The second-order valence-corrected chi connectivity index (χ2v) is 5.78. The van der Waals surface area contributed by atoms with Gasteiger partial charge in [0.2, 0.25) is 0 Å². The highest BCUT2D eigenvalue weighted by atomic mass is 19.4. The highest BCUT2D eigenvalue weighted by molar-refractivity contribution is 6.07. The van der Waals surface area contributed by atoms with E-state index in [9.17, 15) is 18.0 Å². The molecule has 150 valence electrons. The van der Waals surface area contributed by atoms with E-state index in [1.165, 1.54) is 18.3 Å². The van der Waals surface area contributed by atoms with Gasteiger partial charge in [-0.25, -0.2) is 4.98 Å². The maximum atomic E-state index is 12.6. The number of pyridine rings is 1. The number of rotatable bonds is 6. The van der Waals surface area contributed by atoms with E-state index < -0.39 is 12.3 Å². The van der Waals surface area contributed by atoms with Gasteiger partial charge in [-0.3, -0.25) is 4.79 Å². The SMILES string of the molecule is COc1cccc(Nc2ncccc2C(=O)Nc2ccc(OC(F)(F)F)cc2)c1. The monoisotopic (exact) mass is 403 g/mol. The molecule has 0 saturated heterocycles. The third-order valence-electron chi connectivity index (χ3n) is 3.73. The molecule has 0 spiro atoms. The maximum absolute atomic E-state index is 12.6. The van der Waals surface area contributed by atoms with Gasteiger partial charge in [0.1, 0.15) is 17.3 Å². The molecule has 0 saturated carbocycles. The van der Waals surface area contributed by atoms with E-state index >= 15 is 0 Å². The number of carbonyl (C=O) groups excluding carboxylic acids is 1. The molecule has 0 atom stereocenters. The van der Waals surface area contributed by atoms with Gasteiger partial charge in [0, 0.05) is 23.6 Å². The lowest BCUT2D eigenvalue weighted by molar-refractivity contribution is -0.274. The lowest BCUT2D eigenvalue weighted by Crippen LogP contribution is -2.17. The van der Waals surface area contributed by atoms with Crippen LogP contribution in [0.5, 0.6) is 11.5 Å². The van der Waals surface area contributed by atoms with E-state index in [1.54, 1.807) is 43.5 Å². The predicted molar refractivity (Wildman–Crippen MR) is 102 cm³/mol. The largest absolute Gasteiger partial charge is 0.573 e. The van der Waals surface area contributed by atoms with Gasteiger partial charge in [-0.2, -0.15) is 0 Å². The normalized spacial score (nSPS) is 10.9. The second kappa shape index (κ2) is 8.51. The first-order chi connectivity index (χ1) is 13.8. The van der Waals surface area contributed by atoms with E-state index in [0.29, 0.717) is 22.9 Å². The van der Waals surface area contributed by atoms with Gasteiger partial charge in [-0.05, 0) is 48.5 Å². The quantitative estimate of drug-likeness (QED) is 0.607. The molecular weight excluding hydrogens is 387 g/mol. The molecule has 3 aromatic rings. The molecule has 0 aliphatic rings. The molecule has 9 heteroatoms. The first-order valence-electron chi connectivity index (χ1n) is 8.37. The third kappa shape index (κ3) is 5.61. The number of hydrogen-bond acceptors (Lipinski definition) is 5. The van der Waals surface area contributed by atoms with Crippen LogP contribution in [0.25, 0.3) is 0 Å². The number of ether oxygens (including phenoxy) is 2. The minimum absolute atomic E-state index is 0.255. The Labute approximate surface area is 164 Å². The minimum Gasteiger partial charge on any atom is -0.497 e. The molecule has 29 heavy (non-hydrogen) atoms. The average molecular weight is 403 g/mol. The summed E-state index contributed by atoms with van der Waals surface area (Å²) in [4.78, 5) is 16.8. The van der Waals surface area contributed by atoms with Gasteiger partial charge in [0.15, 0.2) is 0 Å². The van der Waals surface area contributed by atoms with Gasteiger partial charge in [0.05, 0.1) is 12.7 Å². The van der Waals surface area contributed by atoms with Crippen LogP contribution in [0.2, 0.25) is 0 Å². The summed E-state index contributed by atoms with van der Waals surface area (Å²) in [6.45, 7) is 0. The van der Waals surface area contributed by atoms with Crippen molar-refractivity contribution < 1.29 is 27.4 Å². The zero-order chi connectivity index (χ0) is 20.9. The van der Waals surface area contributed by atoms with Crippen LogP contribution < -0.4 is 20.1 Å². The van der Waals surface area contributed by atoms with Crippen molar-refractivity contribution in [1.82, 2.24) is 4.98 Å². The van der Waals surface area contributed by atoms with Crippen LogP contribution >= 0.6 is 0 Å². The Hall–Kier alpha value is -3.75. The molecule has 0 aliphatic carbocycles. The van der Waals surface area contributed by atoms with E-state index in [2.05, 4.69) is 20.4 Å². The highest BCUT2D eigenvalue weighted by Gasteiger charge is 2.31. The number of nitrogens with one attached hydrogen (secondary N) is 2. The van der Waals surface area contributed by atoms with Crippen molar-refractivity contribution >= 4 is 23.1 Å². The standard InChI is InChI=1S/C20H16F3N3O3/c1-28-16-5-2-4-14(12-16)25-18-17(6-3-11-24-18)19(27)26-13-7-9-15(10-8-13)29-20(21,22)23/h2-12H,1H3,(H,24,25)(H,26,27). The molecule has 1 aromatic heterocycles. The number of benzene rings is 2. The molecule has 0 fully saturated rings. The van der Waals surface area contributed by atoms with Crippen molar-refractivity contribution in [3.8, 4) is 11.5 Å². The van der Waals surface area contributed by atoms with E-state index in [4.69, 9.17) is 4.74 Å². The fourth-order valence-corrected chi connectivity index (χ4v) is 2.46. The number of nitrogens with zero attached hydrogens (tertiary/aromatic N) is 1. The molecule has 3 rings (SSSR count). The molecule has 0 radical (unpaired) electrons. The Morgan fingerprint density at radius 2 is 1.72 bits per heavy atom. The Morgan fingerprint density at radius 3 is 2.41 bits per heavy atom. The Kier molecular flexibility index (Phi) is 5.87. The van der Waals surface area contributed by atoms with Gasteiger partial charge < -0.3 is 20.1 Å². The Bertz CT molecular complexity index is 992. The summed E-state index contributed by atoms with van der Waals surface area (Å²) in [5.41, 5.74) is 1.23. The van der Waals surface area contributed by atoms with Gasteiger partial charge in [-0.1, -0.05) is 6.07 Å². The molecule has 6 nitrogen and oxygen atoms in total. The molecule has 2 N–H and O–H groups in total. The summed E-state index contributed by atoms with van der Waals surface area (Å²) >= 11 is 0. The number of halogens is 3. The molecule has 0 unspecified atom stereocenters. The molecule has 0 bridgehead atoms. The van der Waals surface area contributed by atoms with E-state index in [0.717, 1.165) is 12.1 Å². The lowest BCUT2D eigenvalue weighted by atomic mass is 10.2. The van der Waals surface area contributed by atoms with Crippen molar-refractivity contribution in [3.63, 3.8) is 0 Å². The zero-order valence-electron chi connectivity index (χ0n) is 15.2. The maximum Gasteiger partial charge on any atom is 0.573 e. The summed E-state index contributed by atoms with van der Waals surface area (Å²) in [7, 11) is 1.55. The highest BCUT2D eigenvalue weighted by Crippen LogP contribution is 2.25. The zero-order valence-corrected chi connectivity index (χ0v) is 15.2. The third-order valence-corrected chi connectivity index (χ3v) is 3.73. The van der Waals surface area contributed by atoms with Crippen molar-refractivity contribution in [2.75, 3.05) is 17.7 Å². The number of anilines is 3. The average Bonchev–Trinajstić information content (AvgIpc) is 2.69. The Morgan fingerprint density at radius 1 is 0.966 bits per heavy atom. The smallest absolute Gasteiger partial charge is 0.497 e. The number of alkyl halides is 3. The van der Waals surface area contributed by atoms with Crippen LogP contribution in [0.4, 0.5) is 30.4 Å². The van der Waals surface area contributed by atoms with Crippen molar-refractivity contribution in [1.29, 1.82) is 0 Å². The number of hydrogen-bond donors (Lipinski definition) is 2. The number of carbonyl (C=O) groups is 1. The van der Waals surface area contributed by atoms with Gasteiger partial charge in [0.25, 0.3) is 5.91 Å². The first-order valence-corrected chi connectivity index (χ1v) is 8.37. The number of aromatic nitrogens is 1. The summed E-state index contributed by atoms with van der Waals surface area (Å²) in [6, 6.07) is 15.1. The molecule has 1 heterocycles. The number of methoxy groups -OCH3 is 1. The summed E-state index contributed by atoms with van der Waals surface area (Å²) in [6.07, 6.45) is -3.25. The fraction of sp³-hybridized carbons (Fsp3) is 0.100. The summed E-state index contributed by atoms with van der Waals surface area (Å²) in [5, 5.41) is 5.67. The lowest BCUT2D eigenvalue weighted by Gasteiger charge is -2.12. The Balaban J connectivity index is 1.74. The second-order valence-electron chi connectivity index (χ2n) is 5.78. The van der Waals surface area contributed by atoms with Crippen molar-refractivity contribution in [3.05, 3.63) is 72.4 Å².